The predicted molar refractivity (Wildman–Crippen MR) is 70.7 cm³/mol. The van der Waals surface area contributed by atoms with Gasteiger partial charge in [-0.1, -0.05) is 18.9 Å². The molecule has 4 heteroatoms. The lowest BCUT2D eigenvalue weighted by Gasteiger charge is -2.31. The Morgan fingerprint density at radius 1 is 1.44 bits per heavy atom. The van der Waals surface area contributed by atoms with Crippen molar-refractivity contribution in [3.8, 4) is 0 Å². The second-order valence-electron chi connectivity index (χ2n) is 5.17. The van der Waals surface area contributed by atoms with Crippen LogP contribution in [0.4, 0.5) is 0 Å². The zero-order valence-corrected chi connectivity index (χ0v) is 10.9. The maximum absolute atomic E-state index is 12.5. The third kappa shape index (κ3) is 2.53. The van der Waals surface area contributed by atoms with Crippen LogP contribution >= 0.6 is 0 Å². The van der Waals surface area contributed by atoms with Crippen LogP contribution in [0.15, 0.2) is 24.4 Å². The highest BCUT2D eigenvalue weighted by Gasteiger charge is 2.41. The molecule has 1 aliphatic carbocycles. The summed E-state index contributed by atoms with van der Waals surface area (Å²) in [5.41, 5.74) is 6.44. The molecule has 0 spiro atoms. The van der Waals surface area contributed by atoms with Crippen molar-refractivity contribution >= 4 is 5.91 Å². The van der Waals surface area contributed by atoms with Crippen molar-refractivity contribution < 1.29 is 4.79 Å². The molecular formula is C14H21N3O. The number of carbonyl (C=O) groups is 1. The summed E-state index contributed by atoms with van der Waals surface area (Å²) in [6.45, 7) is 1.01. The van der Waals surface area contributed by atoms with Crippen molar-refractivity contribution in [2.75, 3.05) is 13.6 Å². The van der Waals surface area contributed by atoms with E-state index < -0.39 is 0 Å². The van der Waals surface area contributed by atoms with E-state index in [0.29, 0.717) is 13.1 Å². The average Bonchev–Trinajstić information content (AvgIpc) is 2.89. The number of hydrogen-bond donors (Lipinski definition) is 1. The first kappa shape index (κ1) is 13.0. The molecule has 1 saturated carbocycles. The van der Waals surface area contributed by atoms with Gasteiger partial charge in [0.05, 0.1) is 17.7 Å². The summed E-state index contributed by atoms with van der Waals surface area (Å²) >= 11 is 0. The molecular weight excluding hydrogens is 226 g/mol. The van der Waals surface area contributed by atoms with Gasteiger partial charge < -0.3 is 10.6 Å². The van der Waals surface area contributed by atoms with E-state index in [1.54, 1.807) is 11.1 Å². The third-order valence-corrected chi connectivity index (χ3v) is 3.88. The number of rotatable bonds is 4. The summed E-state index contributed by atoms with van der Waals surface area (Å²) < 4.78 is 0. The Morgan fingerprint density at radius 3 is 2.72 bits per heavy atom. The van der Waals surface area contributed by atoms with Gasteiger partial charge >= 0.3 is 0 Å². The molecule has 0 bridgehead atoms. The molecule has 0 aliphatic heterocycles. The maximum atomic E-state index is 12.5. The van der Waals surface area contributed by atoms with E-state index in [1.165, 1.54) is 0 Å². The van der Waals surface area contributed by atoms with Gasteiger partial charge in [0.25, 0.3) is 0 Å². The highest BCUT2D eigenvalue weighted by atomic mass is 16.2. The van der Waals surface area contributed by atoms with E-state index in [-0.39, 0.29) is 11.3 Å². The van der Waals surface area contributed by atoms with E-state index in [1.807, 2.05) is 25.2 Å². The Morgan fingerprint density at radius 2 is 2.17 bits per heavy atom. The average molecular weight is 247 g/mol. The monoisotopic (exact) mass is 247 g/mol. The minimum atomic E-state index is -0.316. The van der Waals surface area contributed by atoms with Crippen LogP contribution in [-0.4, -0.2) is 29.4 Å². The van der Waals surface area contributed by atoms with Gasteiger partial charge in [0, 0.05) is 19.8 Å². The molecule has 0 saturated heterocycles. The molecule has 1 fully saturated rings. The number of amides is 1. The van der Waals surface area contributed by atoms with Gasteiger partial charge in [0.2, 0.25) is 5.91 Å². The molecule has 1 amide bonds. The highest BCUT2D eigenvalue weighted by molar-refractivity contribution is 5.83. The topological polar surface area (TPSA) is 59.2 Å². The fourth-order valence-electron chi connectivity index (χ4n) is 2.77. The van der Waals surface area contributed by atoms with Crippen molar-refractivity contribution in [3.63, 3.8) is 0 Å². The standard InChI is InChI=1S/C14H21N3O/c1-17(10-12-6-2-5-9-16-12)13(18)14(11-15)7-3-4-8-14/h2,5-6,9H,3-4,7-8,10-11,15H2,1H3. The first-order chi connectivity index (χ1) is 8.68. The van der Waals surface area contributed by atoms with Crippen LogP contribution in [0.2, 0.25) is 0 Å². The molecule has 2 rings (SSSR count). The molecule has 1 aliphatic rings. The number of nitrogens with zero attached hydrogens (tertiary/aromatic N) is 2. The van der Waals surface area contributed by atoms with E-state index >= 15 is 0 Å². The molecule has 18 heavy (non-hydrogen) atoms. The Labute approximate surface area is 108 Å². The van der Waals surface area contributed by atoms with Gasteiger partial charge in [0.1, 0.15) is 0 Å². The summed E-state index contributed by atoms with van der Waals surface area (Å²) in [5.74, 6) is 0.174. The number of aromatic nitrogens is 1. The first-order valence-corrected chi connectivity index (χ1v) is 6.53. The maximum Gasteiger partial charge on any atom is 0.230 e. The molecule has 1 aromatic rings. The zero-order valence-electron chi connectivity index (χ0n) is 10.9. The summed E-state index contributed by atoms with van der Waals surface area (Å²) in [6, 6.07) is 5.76. The quantitative estimate of drug-likeness (QED) is 0.878. The summed E-state index contributed by atoms with van der Waals surface area (Å²) in [4.78, 5) is 18.5. The van der Waals surface area contributed by atoms with Crippen LogP contribution in [0.1, 0.15) is 31.4 Å². The number of nitrogens with two attached hydrogens (primary N) is 1. The lowest BCUT2D eigenvalue weighted by molar-refractivity contribution is -0.140. The Hall–Kier alpha value is -1.42. The SMILES string of the molecule is CN(Cc1ccccn1)C(=O)C1(CN)CCCC1. The predicted octanol–water partition coefficient (Wildman–Crippen LogP) is 1.56. The summed E-state index contributed by atoms with van der Waals surface area (Å²) in [6.07, 6.45) is 5.83. The fourth-order valence-corrected chi connectivity index (χ4v) is 2.77. The van der Waals surface area contributed by atoms with Crippen LogP contribution < -0.4 is 5.73 Å². The second kappa shape index (κ2) is 5.48. The van der Waals surface area contributed by atoms with Crippen LogP contribution in [0.3, 0.4) is 0 Å². The van der Waals surface area contributed by atoms with Crippen molar-refractivity contribution in [3.05, 3.63) is 30.1 Å². The molecule has 1 aromatic heterocycles. The van der Waals surface area contributed by atoms with Gasteiger partial charge in [-0.15, -0.1) is 0 Å². The molecule has 0 unspecified atom stereocenters. The summed E-state index contributed by atoms with van der Waals surface area (Å²) in [5, 5.41) is 0. The fraction of sp³-hybridized carbons (Fsp3) is 0.571. The van der Waals surface area contributed by atoms with E-state index in [9.17, 15) is 4.79 Å². The van der Waals surface area contributed by atoms with Crippen LogP contribution in [-0.2, 0) is 11.3 Å². The van der Waals surface area contributed by atoms with Crippen LogP contribution in [0.5, 0.6) is 0 Å². The Bertz CT molecular complexity index is 399. The third-order valence-electron chi connectivity index (χ3n) is 3.88. The smallest absolute Gasteiger partial charge is 0.230 e. The molecule has 98 valence electrons. The van der Waals surface area contributed by atoms with Crippen molar-refractivity contribution in [1.82, 2.24) is 9.88 Å². The molecule has 0 atom stereocenters. The number of pyridine rings is 1. The highest BCUT2D eigenvalue weighted by Crippen LogP contribution is 2.38. The molecule has 1 heterocycles. The van der Waals surface area contributed by atoms with Crippen molar-refractivity contribution in [1.29, 1.82) is 0 Å². The Balaban J connectivity index is 2.04. The van der Waals surface area contributed by atoms with E-state index in [4.69, 9.17) is 5.73 Å². The zero-order chi connectivity index (χ0) is 13.0. The van der Waals surface area contributed by atoms with Gasteiger partial charge in [-0.05, 0) is 25.0 Å². The van der Waals surface area contributed by atoms with Gasteiger partial charge in [-0.3, -0.25) is 9.78 Å². The van der Waals surface area contributed by atoms with Gasteiger partial charge in [-0.25, -0.2) is 0 Å². The van der Waals surface area contributed by atoms with Crippen molar-refractivity contribution in [2.45, 2.75) is 32.2 Å². The molecule has 0 aromatic carbocycles. The molecule has 2 N–H and O–H groups in total. The minimum Gasteiger partial charge on any atom is -0.339 e. The lowest BCUT2D eigenvalue weighted by Crippen LogP contribution is -2.44. The summed E-state index contributed by atoms with van der Waals surface area (Å²) in [7, 11) is 1.84. The van der Waals surface area contributed by atoms with Crippen molar-refractivity contribution in [2.24, 2.45) is 11.1 Å². The van der Waals surface area contributed by atoms with E-state index in [0.717, 1.165) is 31.4 Å². The normalized spacial score (nSPS) is 17.7. The largest absolute Gasteiger partial charge is 0.339 e. The minimum absolute atomic E-state index is 0.174. The Kier molecular flexibility index (Phi) is 3.97. The van der Waals surface area contributed by atoms with Gasteiger partial charge in [0.15, 0.2) is 0 Å². The van der Waals surface area contributed by atoms with Crippen LogP contribution in [0.25, 0.3) is 0 Å². The first-order valence-electron chi connectivity index (χ1n) is 6.53. The van der Waals surface area contributed by atoms with Gasteiger partial charge in [-0.2, -0.15) is 0 Å². The number of carbonyl (C=O) groups excluding carboxylic acids is 1. The molecule has 4 nitrogen and oxygen atoms in total. The number of hydrogen-bond acceptors (Lipinski definition) is 3. The van der Waals surface area contributed by atoms with E-state index in [2.05, 4.69) is 4.98 Å². The van der Waals surface area contributed by atoms with Crippen LogP contribution in [0, 0.1) is 5.41 Å². The molecule has 0 radical (unpaired) electrons. The second-order valence-corrected chi connectivity index (χ2v) is 5.17. The lowest BCUT2D eigenvalue weighted by atomic mass is 9.84.